The first kappa shape index (κ1) is 20.0. The smallest absolute Gasteiger partial charge is 0.226 e. The van der Waals surface area contributed by atoms with Crippen LogP contribution >= 0.6 is 11.3 Å². The first-order valence-corrected chi connectivity index (χ1v) is 10.1. The summed E-state index contributed by atoms with van der Waals surface area (Å²) in [6.45, 7) is 4.36. The fraction of sp³-hybridized carbons (Fsp3) is 0.273. The number of benzene rings is 2. The van der Waals surface area contributed by atoms with Gasteiger partial charge in [0.25, 0.3) is 0 Å². The van der Waals surface area contributed by atoms with E-state index in [1.54, 1.807) is 12.1 Å². The number of aromatic nitrogens is 1. The second-order valence-corrected chi connectivity index (χ2v) is 7.48. The summed E-state index contributed by atoms with van der Waals surface area (Å²) in [6, 6.07) is 13.9. The number of rotatable bonds is 8. The topological polar surface area (TPSA) is 51.2 Å². The average Bonchev–Trinajstić information content (AvgIpc) is 3.14. The van der Waals surface area contributed by atoms with Gasteiger partial charge in [-0.15, -0.1) is 11.3 Å². The molecule has 0 aliphatic carbocycles. The largest absolute Gasteiger partial charge is 0.486 e. The minimum atomic E-state index is -0.291. The first-order chi connectivity index (χ1) is 13.5. The number of hydrogen-bond donors (Lipinski definition) is 1. The van der Waals surface area contributed by atoms with Gasteiger partial charge in [-0.05, 0) is 48.7 Å². The molecule has 0 saturated heterocycles. The molecular formula is C22H23FN2O2S. The van der Waals surface area contributed by atoms with Crippen molar-refractivity contribution in [1.29, 1.82) is 0 Å². The lowest BCUT2D eigenvalue weighted by molar-refractivity contribution is -0.121. The Hall–Kier alpha value is -2.73. The Balaban J connectivity index is 1.49. The van der Waals surface area contributed by atoms with Gasteiger partial charge < -0.3 is 10.1 Å². The Kier molecular flexibility index (Phi) is 6.76. The van der Waals surface area contributed by atoms with Crippen LogP contribution in [-0.2, 0) is 24.2 Å². The second-order valence-electron chi connectivity index (χ2n) is 6.54. The summed E-state index contributed by atoms with van der Waals surface area (Å²) in [5, 5.41) is 5.62. The maximum Gasteiger partial charge on any atom is 0.226 e. The van der Waals surface area contributed by atoms with Crippen molar-refractivity contribution in [2.24, 2.45) is 0 Å². The third kappa shape index (κ3) is 5.63. The second kappa shape index (κ2) is 9.46. The fourth-order valence-electron chi connectivity index (χ4n) is 2.75. The fourth-order valence-corrected chi connectivity index (χ4v) is 3.46. The predicted octanol–water partition coefficient (Wildman–Crippen LogP) is 4.84. The summed E-state index contributed by atoms with van der Waals surface area (Å²) in [4.78, 5) is 16.7. The van der Waals surface area contributed by atoms with Crippen LogP contribution < -0.4 is 10.1 Å². The summed E-state index contributed by atoms with van der Waals surface area (Å²) < 4.78 is 18.8. The number of nitrogens with zero attached hydrogens (tertiary/aromatic N) is 1. The summed E-state index contributed by atoms with van der Waals surface area (Å²) in [6.07, 6.45) is 1.20. The van der Waals surface area contributed by atoms with Crippen LogP contribution in [0.5, 0.6) is 5.75 Å². The van der Waals surface area contributed by atoms with Crippen LogP contribution in [0.2, 0.25) is 0 Å². The zero-order valence-electron chi connectivity index (χ0n) is 15.9. The Morgan fingerprint density at radius 2 is 1.89 bits per heavy atom. The number of hydrogen-bond acceptors (Lipinski definition) is 4. The third-order valence-corrected chi connectivity index (χ3v) is 5.25. The van der Waals surface area contributed by atoms with Gasteiger partial charge in [-0.1, -0.05) is 31.2 Å². The molecule has 0 fully saturated rings. The van der Waals surface area contributed by atoms with E-state index < -0.39 is 0 Å². The molecule has 28 heavy (non-hydrogen) atoms. The maximum atomic E-state index is 13.0. The van der Waals surface area contributed by atoms with Crippen molar-refractivity contribution < 1.29 is 13.9 Å². The van der Waals surface area contributed by atoms with Crippen molar-refractivity contribution in [2.45, 2.75) is 39.3 Å². The molecule has 3 aromatic rings. The van der Waals surface area contributed by atoms with E-state index in [1.165, 1.54) is 29.0 Å². The molecule has 2 aromatic carbocycles. The van der Waals surface area contributed by atoms with Gasteiger partial charge in [0.05, 0.1) is 18.2 Å². The SMILES string of the molecule is CCc1ccc(OCc2nc(CC(=O)NC(C)c3ccc(F)cc3)cs2)cc1. The number of ether oxygens (including phenoxy) is 1. The molecular weight excluding hydrogens is 375 g/mol. The van der Waals surface area contributed by atoms with E-state index in [0.29, 0.717) is 12.3 Å². The van der Waals surface area contributed by atoms with Crippen LogP contribution in [0.25, 0.3) is 0 Å². The minimum absolute atomic E-state index is 0.121. The number of aryl methyl sites for hydroxylation is 1. The summed E-state index contributed by atoms with van der Waals surface area (Å²) in [5.41, 5.74) is 2.84. The highest BCUT2D eigenvalue weighted by molar-refractivity contribution is 7.09. The van der Waals surface area contributed by atoms with Crippen LogP contribution in [0.15, 0.2) is 53.9 Å². The molecule has 3 rings (SSSR count). The number of halogens is 1. The van der Waals surface area contributed by atoms with Gasteiger partial charge in [-0.25, -0.2) is 9.37 Å². The van der Waals surface area contributed by atoms with E-state index in [9.17, 15) is 9.18 Å². The third-order valence-electron chi connectivity index (χ3n) is 4.38. The van der Waals surface area contributed by atoms with Gasteiger partial charge in [0.1, 0.15) is 23.2 Å². The molecule has 6 heteroatoms. The van der Waals surface area contributed by atoms with Crippen molar-refractivity contribution in [3.8, 4) is 5.75 Å². The average molecular weight is 399 g/mol. The van der Waals surface area contributed by atoms with Gasteiger partial charge in [-0.3, -0.25) is 4.79 Å². The maximum absolute atomic E-state index is 13.0. The zero-order valence-corrected chi connectivity index (χ0v) is 16.8. The van der Waals surface area contributed by atoms with Gasteiger partial charge in [0, 0.05) is 5.38 Å². The van der Waals surface area contributed by atoms with Crippen molar-refractivity contribution in [1.82, 2.24) is 10.3 Å². The summed E-state index contributed by atoms with van der Waals surface area (Å²) in [5.74, 6) is 0.394. The molecule has 146 valence electrons. The van der Waals surface area contributed by atoms with E-state index >= 15 is 0 Å². The first-order valence-electron chi connectivity index (χ1n) is 9.23. The molecule has 0 aliphatic heterocycles. The number of nitrogens with one attached hydrogen (secondary N) is 1. The quantitative estimate of drug-likeness (QED) is 0.590. The molecule has 1 atom stereocenters. The standard InChI is InChI=1S/C22H23FN2O2S/c1-3-16-4-10-20(11-5-16)27-13-22-25-19(14-28-22)12-21(26)24-15(2)17-6-8-18(23)9-7-17/h4-11,14-15H,3,12-13H2,1-2H3,(H,24,26). The van der Waals surface area contributed by atoms with Crippen LogP contribution in [0.1, 0.15) is 41.7 Å². The summed E-state index contributed by atoms with van der Waals surface area (Å²) in [7, 11) is 0. The van der Waals surface area contributed by atoms with E-state index in [4.69, 9.17) is 4.74 Å². The highest BCUT2D eigenvalue weighted by Crippen LogP contribution is 2.17. The van der Waals surface area contributed by atoms with Crippen LogP contribution in [0.3, 0.4) is 0 Å². The molecule has 0 spiro atoms. The highest BCUT2D eigenvalue weighted by Gasteiger charge is 2.12. The van der Waals surface area contributed by atoms with E-state index in [0.717, 1.165) is 22.7 Å². The van der Waals surface area contributed by atoms with Gasteiger partial charge in [0.15, 0.2) is 0 Å². The molecule has 0 radical (unpaired) electrons. The van der Waals surface area contributed by atoms with Crippen LogP contribution in [0.4, 0.5) is 4.39 Å². The number of carbonyl (C=O) groups excluding carboxylic acids is 1. The lowest BCUT2D eigenvalue weighted by Gasteiger charge is -2.13. The monoisotopic (exact) mass is 398 g/mol. The molecule has 1 amide bonds. The lowest BCUT2D eigenvalue weighted by atomic mass is 10.1. The molecule has 1 aromatic heterocycles. The van der Waals surface area contributed by atoms with E-state index in [-0.39, 0.29) is 24.2 Å². The summed E-state index contributed by atoms with van der Waals surface area (Å²) >= 11 is 1.48. The van der Waals surface area contributed by atoms with Crippen LogP contribution in [0, 0.1) is 5.82 Å². The Morgan fingerprint density at radius 3 is 2.57 bits per heavy atom. The van der Waals surface area contributed by atoms with Crippen molar-refractivity contribution >= 4 is 17.2 Å². The molecule has 0 aliphatic rings. The van der Waals surface area contributed by atoms with Crippen molar-refractivity contribution in [3.63, 3.8) is 0 Å². The van der Waals surface area contributed by atoms with Crippen molar-refractivity contribution in [3.05, 3.63) is 81.6 Å². The molecule has 1 N–H and O–H groups in total. The Labute approximate surface area is 168 Å². The van der Waals surface area contributed by atoms with Crippen molar-refractivity contribution in [2.75, 3.05) is 0 Å². The normalized spacial score (nSPS) is 11.8. The Bertz CT molecular complexity index is 907. The predicted molar refractivity (Wildman–Crippen MR) is 109 cm³/mol. The van der Waals surface area contributed by atoms with Gasteiger partial charge in [-0.2, -0.15) is 0 Å². The highest BCUT2D eigenvalue weighted by atomic mass is 32.1. The molecule has 0 saturated carbocycles. The van der Waals surface area contributed by atoms with E-state index in [2.05, 4.69) is 29.4 Å². The number of carbonyl (C=O) groups is 1. The molecule has 1 heterocycles. The number of thiazole rings is 1. The van der Waals surface area contributed by atoms with Crippen LogP contribution in [-0.4, -0.2) is 10.9 Å². The van der Waals surface area contributed by atoms with Gasteiger partial charge in [0.2, 0.25) is 5.91 Å². The molecule has 0 bridgehead atoms. The molecule has 1 unspecified atom stereocenters. The van der Waals surface area contributed by atoms with E-state index in [1.807, 2.05) is 24.4 Å². The minimum Gasteiger partial charge on any atom is -0.486 e. The lowest BCUT2D eigenvalue weighted by Crippen LogP contribution is -2.28. The zero-order chi connectivity index (χ0) is 19.9. The number of amides is 1. The van der Waals surface area contributed by atoms with Gasteiger partial charge >= 0.3 is 0 Å². The molecule has 4 nitrogen and oxygen atoms in total. The Morgan fingerprint density at radius 1 is 1.18 bits per heavy atom.